The van der Waals surface area contributed by atoms with Gasteiger partial charge in [0.05, 0.1) is 12.8 Å². The summed E-state index contributed by atoms with van der Waals surface area (Å²) in [5.41, 5.74) is 1.13. The molecule has 2 N–H and O–H groups in total. The molecule has 0 bridgehead atoms. The fraction of sp³-hybridized carbons (Fsp3) is 0.462. The third-order valence-electron chi connectivity index (χ3n) is 2.45. The van der Waals surface area contributed by atoms with E-state index in [2.05, 4.69) is 15.0 Å². The zero-order valence-corrected chi connectivity index (χ0v) is 15.7. The number of benzene rings is 1. The zero-order chi connectivity index (χ0) is 15.0. The first-order valence-corrected chi connectivity index (χ1v) is 8.22. The first-order chi connectivity index (χ1) is 9.38. The van der Waals surface area contributed by atoms with Crippen LogP contribution in [0.25, 0.3) is 0 Å². The minimum absolute atomic E-state index is 0. The van der Waals surface area contributed by atoms with Gasteiger partial charge in [0, 0.05) is 27.2 Å². The molecule has 120 valence electrons. The number of guanidine groups is 1. The van der Waals surface area contributed by atoms with Gasteiger partial charge in [-0.3, -0.25) is 0 Å². The zero-order valence-electron chi connectivity index (χ0n) is 12.5. The van der Waals surface area contributed by atoms with E-state index in [1.165, 1.54) is 0 Å². The van der Waals surface area contributed by atoms with Crippen LogP contribution in [-0.4, -0.2) is 52.7 Å². The van der Waals surface area contributed by atoms with E-state index in [9.17, 15) is 8.42 Å². The topological polar surface area (TPSA) is 73.8 Å². The lowest BCUT2D eigenvalue weighted by molar-refractivity contribution is 0.570. The lowest BCUT2D eigenvalue weighted by atomic mass is 10.2. The van der Waals surface area contributed by atoms with Gasteiger partial charge >= 0.3 is 0 Å². The molecule has 0 heterocycles. The van der Waals surface area contributed by atoms with Crippen molar-refractivity contribution < 1.29 is 8.42 Å². The Morgan fingerprint density at radius 1 is 1.19 bits per heavy atom. The van der Waals surface area contributed by atoms with Gasteiger partial charge in [-0.15, -0.1) is 24.0 Å². The number of halogens is 1. The van der Waals surface area contributed by atoms with Gasteiger partial charge in [-0.05, 0) is 5.56 Å². The predicted octanol–water partition coefficient (Wildman–Crippen LogP) is 0.861. The van der Waals surface area contributed by atoms with Crippen molar-refractivity contribution in [1.29, 1.82) is 0 Å². The molecule has 8 heteroatoms. The van der Waals surface area contributed by atoms with E-state index < -0.39 is 10.0 Å². The number of aliphatic imine (C=N–C) groups is 1. The summed E-state index contributed by atoms with van der Waals surface area (Å²) in [6.45, 7) is 1.40. The summed E-state index contributed by atoms with van der Waals surface area (Å²) >= 11 is 0. The molecule has 1 aromatic carbocycles. The van der Waals surface area contributed by atoms with Crippen LogP contribution in [0, 0.1) is 0 Å². The van der Waals surface area contributed by atoms with Gasteiger partial charge in [-0.1, -0.05) is 30.3 Å². The predicted molar refractivity (Wildman–Crippen MR) is 97.5 cm³/mol. The average Bonchev–Trinajstić information content (AvgIpc) is 2.37. The molecule has 1 aromatic rings. The summed E-state index contributed by atoms with van der Waals surface area (Å²) < 4.78 is 24.3. The van der Waals surface area contributed by atoms with Gasteiger partial charge in [0.25, 0.3) is 0 Å². The third-order valence-corrected chi connectivity index (χ3v) is 3.18. The number of hydrogen-bond acceptors (Lipinski definition) is 3. The van der Waals surface area contributed by atoms with Crippen LogP contribution in [0.2, 0.25) is 0 Å². The summed E-state index contributed by atoms with van der Waals surface area (Å²) in [6.07, 6.45) is 1.14. The van der Waals surface area contributed by atoms with Gasteiger partial charge in [-0.25, -0.2) is 18.1 Å². The highest BCUT2D eigenvalue weighted by Crippen LogP contribution is 2.00. The summed E-state index contributed by atoms with van der Waals surface area (Å²) in [7, 11) is 0.638. The van der Waals surface area contributed by atoms with Gasteiger partial charge in [-0.2, -0.15) is 0 Å². The highest BCUT2D eigenvalue weighted by atomic mass is 127. The van der Waals surface area contributed by atoms with E-state index in [1.807, 2.05) is 49.3 Å². The second-order valence-electron chi connectivity index (χ2n) is 4.61. The van der Waals surface area contributed by atoms with Gasteiger partial charge < -0.3 is 10.2 Å². The number of rotatable bonds is 6. The Kier molecular flexibility index (Phi) is 9.54. The minimum Gasteiger partial charge on any atom is -0.355 e. The number of hydrogen-bond donors (Lipinski definition) is 2. The molecule has 1 rings (SSSR count). The molecule has 0 aliphatic heterocycles. The Balaban J connectivity index is 0.00000400. The Morgan fingerprint density at radius 2 is 1.81 bits per heavy atom. The Morgan fingerprint density at radius 3 is 2.33 bits per heavy atom. The first kappa shape index (κ1) is 20.1. The van der Waals surface area contributed by atoms with Crippen molar-refractivity contribution in [3.63, 3.8) is 0 Å². The molecular formula is C13H23IN4O2S. The lowest BCUT2D eigenvalue weighted by Crippen LogP contribution is -2.40. The summed E-state index contributed by atoms with van der Waals surface area (Å²) in [5, 5.41) is 3.11. The van der Waals surface area contributed by atoms with Crippen LogP contribution in [0.15, 0.2) is 35.3 Å². The highest BCUT2D eigenvalue weighted by molar-refractivity contribution is 14.0. The van der Waals surface area contributed by atoms with Crippen LogP contribution >= 0.6 is 24.0 Å². The fourth-order valence-electron chi connectivity index (χ4n) is 1.52. The van der Waals surface area contributed by atoms with Crippen molar-refractivity contribution in [2.75, 3.05) is 33.4 Å². The Labute approximate surface area is 144 Å². The van der Waals surface area contributed by atoms with Crippen molar-refractivity contribution >= 4 is 40.0 Å². The Bertz CT molecular complexity index is 532. The summed E-state index contributed by atoms with van der Waals surface area (Å²) in [6, 6.07) is 9.95. The quantitative estimate of drug-likeness (QED) is 0.306. The maximum atomic E-state index is 10.9. The van der Waals surface area contributed by atoms with Crippen LogP contribution in [0.3, 0.4) is 0 Å². The van der Waals surface area contributed by atoms with Crippen molar-refractivity contribution in [1.82, 2.24) is 14.9 Å². The van der Waals surface area contributed by atoms with Crippen LogP contribution in [0.1, 0.15) is 5.56 Å². The maximum absolute atomic E-state index is 10.9. The molecule has 0 aliphatic rings. The van der Waals surface area contributed by atoms with E-state index in [4.69, 9.17) is 0 Å². The van der Waals surface area contributed by atoms with Crippen molar-refractivity contribution in [2.24, 2.45) is 4.99 Å². The van der Waals surface area contributed by atoms with Gasteiger partial charge in [0.2, 0.25) is 10.0 Å². The van der Waals surface area contributed by atoms with Crippen molar-refractivity contribution in [3.8, 4) is 0 Å². The molecule has 0 unspecified atom stereocenters. The van der Waals surface area contributed by atoms with Gasteiger partial charge in [0.15, 0.2) is 5.96 Å². The summed E-state index contributed by atoms with van der Waals surface area (Å²) in [5.74, 6) is 0.726. The smallest absolute Gasteiger partial charge is 0.208 e. The molecule has 0 fully saturated rings. The van der Waals surface area contributed by atoms with Crippen LogP contribution in [-0.2, 0) is 16.6 Å². The van der Waals surface area contributed by atoms with Crippen LogP contribution < -0.4 is 10.0 Å². The standard InChI is InChI=1S/C13H22N4O2S.HI/c1-17(2)13(14-9-10-16-20(3,18)19)15-11-12-7-5-4-6-8-12;/h4-8,16H,9-11H2,1-3H3,(H,14,15);1H. The number of sulfonamides is 1. The first-order valence-electron chi connectivity index (χ1n) is 6.32. The fourth-order valence-corrected chi connectivity index (χ4v) is 1.99. The SMILES string of the molecule is CN(C)C(=NCc1ccccc1)NCCNS(C)(=O)=O.I. The molecule has 0 amide bonds. The normalized spacial score (nSPS) is 11.7. The summed E-state index contributed by atoms with van der Waals surface area (Å²) in [4.78, 5) is 6.35. The van der Waals surface area contributed by atoms with E-state index in [1.54, 1.807) is 0 Å². The second kappa shape index (κ2) is 9.96. The Hall–Kier alpha value is -0.870. The molecule has 0 spiro atoms. The van der Waals surface area contributed by atoms with E-state index >= 15 is 0 Å². The highest BCUT2D eigenvalue weighted by Gasteiger charge is 2.03. The molecule has 6 nitrogen and oxygen atoms in total. The molecule has 0 aromatic heterocycles. The van der Waals surface area contributed by atoms with Crippen LogP contribution in [0.5, 0.6) is 0 Å². The van der Waals surface area contributed by atoms with E-state index in [0.29, 0.717) is 19.6 Å². The van der Waals surface area contributed by atoms with E-state index in [-0.39, 0.29) is 24.0 Å². The molecule has 0 radical (unpaired) electrons. The molecular weight excluding hydrogens is 403 g/mol. The van der Waals surface area contributed by atoms with E-state index in [0.717, 1.165) is 17.8 Å². The largest absolute Gasteiger partial charge is 0.355 e. The van der Waals surface area contributed by atoms with Crippen LogP contribution in [0.4, 0.5) is 0 Å². The lowest BCUT2D eigenvalue weighted by Gasteiger charge is -2.17. The average molecular weight is 426 g/mol. The minimum atomic E-state index is -3.14. The van der Waals surface area contributed by atoms with Crippen molar-refractivity contribution in [3.05, 3.63) is 35.9 Å². The third kappa shape index (κ3) is 9.64. The maximum Gasteiger partial charge on any atom is 0.208 e. The molecule has 0 saturated heterocycles. The van der Waals surface area contributed by atoms with Gasteiger partial charge in [0.1, 0.15) is 0 Å². The second-order valence-corrected chi connectivity index (χ2v) is 6.45. The molecule has 21 heavy (non-hydrogen) atoms. The number of nitrogens with zero attached hydrogens (tertiary/aromatic N) is 2. The van der Waals surface area contributed by atoms with Crippen molar-refractivity contribution in [2.45, 2.75) is 6.54 Å². The molecule has 0 saturated carbocycles. The molecule has 0 aliphatic carbocycles. The number of nitrogens with one attached hydrogen (secondary N) is 2. The monoisotopic (exact) mass is 426 g/mol. The molecule has 0 atom stereocenters.